The smallest absolute Gasteiger partial charge is 0.307 e. The van der Waals surface area contributed by atoms with E-state index in [1.807, 2.05) is 6.92 Å². The van der Waals surface area contributed by atoms with Crippen molar-refractivity contribution in [2.45, 2.75) is 26.4 Å². The van der Waals surface area contributed by atoms with Gasteiger partial charge in [0.05, 0.1) is 0 Å². The number of hydrogen-bond acceptors (Lipinski definition) is 3. The quantitative estimate of drug-likeness (QED) is 0.917. The minimum atomic E-state index is -0.335. The topological polar surface area (TPSA) is 51.1 Å². The van der Waals surface area contributed by atoms with E-state index in [0.717, 1.165) is 17.0 Å². The van der Waals surface area contributed by atoms with Crippen molar-refractivity contribution in [3.63, 3.8) is 0 Å². The van der Waals surface area contributed by atoms with E-state index >= 15 is 0 Å². The van der Waals surface area contributed by atoms with Crippen LogP contribution in [-0.2, 0) is 17.9 Å². The van der Waals surface area contributed by atoms with Crippen LogP contribution in [0.5, 0.6) is 0 Å². The van der Waals surface area contributed by atoms with Crippen LogP contribution >= 0.6 is 11.3 Å². The van der Waals surface area contributed by atoms with Gasteiger partial charge in [-0.15, -0.1) is 0 Å². The largest absolute Gasteiger partial charge is 0.352 e. The van der Waals surface area contributed by atoms with Gasteiger partial charge in [0.2, 0.25) is 5.91 Å². The maximum Gasteiger partial charge on any atom is 0.307 e. The van der Waals surface area contributed by atoms with Gasteiger partial charge in [-0.2, -0.15) is 0 Å². The summed E-state index contributed by atoms with van der Waals surface area (Å²) in [5.41, 5.74) is 1.30. The lowest BCUT2D eigenvalue weighted by Gasteiger charge is -2.07. The van der Waals surface area contributed by atoms with Gasteiger partial charge in [0, 0.05) is 36.1 Å². The molecule has 0 radical (unpaired) electrons. The predicted octanol–water partition coefficient (Wildman–Crippen LogP) is 2.06. The highest BCUT2D eigenvalue weighted by Crippen LogP contribution is 2.06. The molecule has 4 nitrogen and oxygen atoms in total. The number of nitrogens with one attached hydrogen (secondary N) is 1. The molecule has 1 amide bonds. The van der Waals surface area contributed by atoms with Crippen molar-refractivity contribution >= 4 is 17.2 Å². The summed E-state index contributed by atoms with van der Waals surface area (Å²) in [7, 11) is 0. The van der Waals surface area contributed by atoms with Gasteiger partial charge in [0.1, 0.15) is 5.82 Å². The Kier molecular flexibility index (Phi) is 4.68. The molecule has 0 atom stereocenters. The zero-order valence-corrected chi connectivity index (χ0v) is 11.9. The number of amides is 1. The lowest BCUT2D eigenvalue weighted by Crippen LogP contribution is -2.26. The molecular formula is C14H15FN2O2S. The number of thiazole rings is 1. The first-order valence-corrected chi connectivity index (χ1v) is 7.11. The third kappa shape index (κ3) is 3.54. The molecule has 6 heteroatoms. The Morgan fingerprint density at radius 2 is 2.15 bits per heavy atom. The second-order valence-electron chi connectivity index (χ2n) is 4.41. The number of rotatable bonds is 5. The molecule has 0 aliphatic rings. The third-order valence-electron chi connectivity index (χ3n) is 2.97. The fourth-order valence-corrected chi connectivity index (χ4v) is 2.57. The highest BCUT2D eigenvalue weighted by Gasteiger charge is 2.07. The Morgan fingerprint density at radius 3 is 2.80 bits per heavy atom. The summed E-state index contributed by atoms with van der Waals surface area (Å²) >= 11 is 1.12. The molecule has 1 aromatic heterocycles. The average Bonchev–Trinajstić information content (AvgIpc) is 2.75. The van der Waals surface area contributed by atoms with Crippen LogP contribution in [0.1, 0.15) is 17.7 Å². The maximum atomic E-state index is 13.4. The first kappa shape index (κ1) is 14.5. The molecule has 106 valence electrons. The monoisotopic (exact) mass is 294 g/mol. The SMILES string of the molecule is Cc1csc(=O)n1CCC(=O)NCc1ccccc1F. The zero-order valence-electron chi connectivity index (χ0n) is 11.1. The van der Waals surface area contributed by atoms with E-state index in [-0.39, 0.29) is 29.6 Å². The first-order valence-electron chi connectivity index (χ1n) is 6.23. The molecule has 0 aliphatic heterocycles. The Labute approximate surface area is 119 Å². The van der Waals surface area contributed by atoms with Crippen LogP contribution in [0.4, 0.5) is 4.39 Å². The highest BCUT2D eigenvalue weighted by atomic mass is 32.1. The molecular weight excluding hydrogens is 279 g/mol. The maximum absolute atomic E-state index is 13.4. The van der Waals surface area contributed by atoms with Crippen molar-refractivity contribution in [1.29, 1.82) is 0 Å². The summed E-state index contributed by atoms with van der Waals surface area (Å²) in [4.78, 5) is 23.1. The van der Waals surface area contributed by atoms with Gasteiger partial charge in [-0.25, -0.2) is 4.39 Å². The van der Waals surface area contributed by atoms with Crippen molar-refractivity contribution in [1.82, 2.24) is 9.88 Å². The number of carbonyl (C=O) groups excluding carboxylic acids is 1. The lowest BCUT2D eigenvalue weighted by atomic mass is 10.2. The number of hydrogen-bond donors (Lipinski definition) is 1. The summed E-state index contributed by atoms with van der Waals surface area (Å²) in [6.07, 6.45) is 0.200. The van der Waals surface area contributed by atoms with Crippen LogP contribution in [0.25, 0.3) is 0 Å². The van der Waals surface area contributed by atoms with E-state index in [4.69, 9.17) is 0 Å². The number of aromatic nitrogens is 1. The number of benzene rings is 1. The molecule has 0 saturated heterocycles. The molecule has 0 fully saturated rings. The molecule has 2 aromatic rings. The van der Waals surface area contributed by atoms with E-state index in [2.05, 4.69) is 5.32 Å². The molecule has 1 aromatic carbocycles. The number of carbonyl (C=O) groups is 1. The van der Waals surface area contributed by atoms with Crippen LogP contribution in [0, 0.1) is 12.7 Å². The second kappa shape index (κ2) is 6.47. The van der Waals surface area contributed by atoms with E-state index in [1.54, 1.807) is 28.1 Å². The van der Waals surface area contributed by atoms with Crippen molar-refractivity contribution in [2.75, 3.05) is 0 Å². The Hall–Kier alpha value is -1.95. The van der Waals surface area contributed by atoms with Gasteiger partial charge >= 0.3 is 4.87 Å². The molecule has 1 N–H and O–H groups in total. The molecule has 20 heavy (non-hydrogen) atoms. The molecule has 0 bridgehead atoms. The van der Waals surface area contributed by atoms with E-state index < -0.39 is 0 Å². The van der Waals surface area contributed by atoms with Crippen LogP contribution in [0.3, 0.4) is 0 Å². The van der Waals surface area contributed by atoms with Crippen molar-refractivity contribution in [3.8, 4) is 0 Å². The molecule has 2 rings (SSSR count). The van der Waals surface area contributed by atoms with Gasteiger partial charge in [0.15, 0.2) is 0 Å². The van der Waals surface area contributed by atoms with Gasteiger partial charge in [-0.1, -0.05) is 29.5 Å². The van der Waals surface area contributed by atoms with E-state index in [9.17, 15) is 14.0 Å². The standard InChI is InChI=1S/C14H15FN2O2S/c1-10-9-20-14(19)17(10)7-6-13(18)16-8-11-4-2-3-5-12(11)15/h2-5,9H,6-8H2,1H3,(H,16,18). The van der Waals surface area contributed by atoms with Gasteiger partial charge in [-0.05, 0) is 13.0 Å². The third-order valence-corrected chi connectivity index (χ3v) is 3.85. The summed E-state index contributed by atoms with van der Waals surface area (Å²) < 4.78 is 14.9. The van der Waals surface area contributed by atoms with E-state index in [0.29, 0.717) is 12.1 Å². The highest BCUT2D eigenvalue weighted by molar-refractivity contribution is 7.07. The van der Waals surface area contributed by atoms with Gasteiger partial charge in [0.25, 0.3) is 0 Å². The van der Waals surface area contributed by atoms with Gasteiger partial charge < -0.3 is 9.88 Å². The molecule has 0 aliphatic carbocycles. The van der Waals surface area contributed by atoms with Crippen LogP contribution < -0.4 is 10.2 Å². The average molecular weight is 294 g/mol. The minimum absolute atomic E-state index is 0.0654. The van der Waals surface area contributed by atoms with Crippen LogP contribution in [-0.4, -0.2) is 10.5 Å². The number of halogens is 1. The fraction of sp³-hybridized carbons (Fsp3) is 0.286. The predicted molar refractivity (Wildman–Crippen MR) is 76.2 cm³/mol. The van der Waals surface area contributed by atoms with Crippen molar-refractivity contribution in [3.05, 3.63) is 56.4 Å². The Morgan fingerprint density at radius 1 is 1.40 bits per heavy atom. The summed E-state index contributed by atoms with van der Waals surface area (Å²) in [6.45, 7) is 2.33. The first-order chi connectivity index (χ1) is 9.58. The fourth-order valence-electron chi connectivity index (χ4n) is 1.81. The van der Waals surface area contributed by atoms with E-state index in [1.165, 1.54) is 6.07 Å². The summed E-state index contributed by atoms with van der Waals surface area (Å²) in [6, 6.07) is 6.31. The number of aryl methyl sites for hydroxylation is 1. The molecule has 0 unspecified atom stereocenters. The van der Waals surface area contributed by atoms with Crippen molar-refractivity contribution < 1.29 is 9.18 Å². The van der Waals surface area contributed by atoms with Crippen LogP contribution in [0.15, 0.2) is 34.4 Å². The summed E-state index contributed by atoms with van der Waals surface area (Å²) in [5, 5.41) is 4.41. The number of nitrogens with zero attached hydrogens (tertiary/aromatic N) is 1. The molecule has 0 spiro atoms. The normalized spacial score (nSPS) is 10.5. The van der Waals surface area contributed by atoms with Crippen LogP contribution in [0.2, 0.25) is 0 Å². The Balaban J connectivity index is 1.85. The lowest BCUT2D eigenvalue weighted by molar-refractivity contribution is -0.121. The molecule has 0 saturated carbocycles. The zero-order chi connectivity index (χ0) is 14.5. The van der Waals surface area contributed by atoms with Gasteiger partial charge in [-0.3, -0.25) is 9.59 Å². The summed E-state index contributed by atoms with van der Waals surface area (Å²) in [5.74, 6) is -0.538. The van der Waals surface area contributed by atoms with Crippen molar-refractivity contribution in [2.24, 2.45) is 0 Å². The minimum Gasteiger partial charge on any atom is -0.352 e. The second-order valence-corrected chi connectivity index (χ2v) is 5.23. The molecule has 1 heterocycles. The Bertz CT molecular complexity index is 663.